The second-order valence-corrected chi connectivity index (χ2v) is 10.3. The predicted octanol–water partition coefficient (Wildman–Crippen LogP) is 4.95. The normalized spacial score (nSPS) is 16.1. The number of hydrogen-bond donors (Lipinski definition) is 2. The molecule has 5 rings (SSSR count). The van der Waals surface area contributed by atoms with Gasteiger partial charge in [0.2, 0.25) is 5.91 Å². The average Bonchev–Trinajstić information content (AvgIpc) is 3.65. The van der Waals surface area contributed by atoms with Crippen LogP contribution in [0.4, 0.5) is 0 Å². The number of likely N-dealkylation sites (tertiary alicyclic amines) is 1. The molecule has 1 amide bonds. The van der Waals surface area contributed by atoms with E-state index in [0.29, 0.717) is 0 Å². The zero-order chi connectivity index (χ0) is 26.2. The number of benzene rings is 3. The zero-order valence-corrected chi connectivity index (χ0v) is 21.9. The van der Waals surface area contributed by atoms with Crippen LogP contribution >= 0.6 is 0 Å². The fraction of sp³-hybridized carbons (Fsp3) is 0.303. The molecule has 1 atom stereocenters. The second-order valence-electron chi connectivity index (χ2n) is 10.3. The van der Waals surface area contributed by atoms with E-state index in [4.69, 9.17) is 10.2 Å². The first-order chi connectivity index (χ1) is 18.7. The van der Waals surface area contributed by atoms with Gasteiger partial charge in [-0.1, -0.05) is 84.9 Å². The molecule has 38 heavy (non-hydrogen) atoms. The van der Waals surface area contributed by atoms with Crippen molar-refractivity contribution in [2.75, 3.05) is 26.2 Å². The van der Waals surface area contributed by atoms with Crippen LogP contribution in [0.1, 0.15) is 34.4 Å². The number of furan rings is 1. The van der Waals surface area contributed by atoms with Gasteiger partial charge in [0, 0.05) is 13.1 Å². The number of nitrogens with one attached hydrogen (secondary N) is 1. The first kappa shape index (κ1) is 26.0. The van der Waals surface area contributed by atoms with Crippen molar-refractivity contribution in [2.45, 2.75) is 31.2 Å². The number of hydrogen-bond acceptors (Lipinski definition) is 4. The van der Waals surface area contributed by atoms with Gasteiger partial charge >= 0.3 is 0 Å². The van der Waals surface area contributed by atoms with E-state index in [-0.39, 0.29) is 11.8 Å². The fourth-order valence-electron chi connectivity index (χ4n) is 5.93. The smallest absolute Gasteiger partial charge is 0.232 e. The van der Waals surface area contributed by atoms with Crippen molar-refractivity contribution in [3.8, 4) is 0 Å². The lowest BCUT2D eigenvalue weighted by Gasteiger charge is -2.37. The van der Waals surface area contributed by atoms with Gasteiger partial charge in [0.15, 0.2) is 0 Å². The average molecular weight is 508 g/mol. The lowest BCUT2D eigenvalue weighted by Crippen LogP contribution is -2.49. The lowest BCUT2D eigenvalue weighted by atomic mass is 9.64. The predicted molar refractivity (Wildman–Crippen MR) is 152 cm³/mol. The van der Waals surface area contributed by atoms with Crippen molar-refractivity contribution in [2.24, 2.45) is 11.7 Å². The molecule has 1 saturated heterocycles. The molecule has 3 N–H and O–H groups in total. The van der Waals surface area contributed by atoms with Crippen LogP contribution in [0.2, 0.25) is 0 Å². The molecule has 5 nitrogen and oxygen atoms in total. The highest BCUT2D eigenvalue weighted by atomic mass is 16.3. The Morgan fingerprint density at radius 3 is 2.08 bits per heavy atom. The van der Waals surface area contributed by atoms with Crippen LogP contribution in [0.25, 0.3) is 0 Å². The molecule has 1 aliphatic heterocycles. The molecule has 1 aliphatic rings. The first-order valence-corrected chi connectivity index (χ1v) is 13.6. The van der Waals surface area contributed by atoms with Crippen molar-refractivity contribution in [3.05, 3.63) is 131 Å². The van der Waals surface area contributed by atoms with Crippen molar-refractivity contribution in [1.29, 1.82) is 0 Å². The van der Waals surface area contributed by atoms with E-state index in [9.17, 15) is 4.79 Å². The van der Waals surface area contributed by atoms with Gasteiger partial charge in [0.1, 0.15) is 11.2 Å². The largest absolute Gasteiger partial charge is 0.468 e. The number of carbonyl (C=O) groups is 1. The van der Waals surface area contributed by atoms with E-state index in [1.165, 1.54) is 11.1 Å². The Hall–Kier alpha value is -3.67. The van der Waals surface area contributed by atoms with E-state index in [2.05, 4.69) is 58.7 Å². The highest BCUT2D eigenvalue weighted by Crippen LogP contribution is 2.43. The van der Waals surface area contributed by atoms with Gasteiger partial charge in [-0.25, -0.2) is 0 Å². The quantitative estimate of drug-likeness (QED) is 0.266. The number of nitrogens with two attached hydrogens (primary N) is 1. The Kier molecular flexibility index (Phi) is 8.37. The van der Waals surface area contributed by atoms with Gasteiger partial charge in [-0.05, 0) is 72.7 Å². The van der Waals surface area contributed by atoms with Crippen molar-refractivity contribution in [3.63, 3.8) is 0 Å². The molecule has 4 aromatic rings. The van der Waals surface area contributed by atoms with Gasteiger partial charge in [-0.2, -0.15) is 0 Å². The van der Waals surface area contributed by atoms with E-state index in [1.54, 1.807) is 6.26 Å². The second kappa shape index (κ2) is 12.2. The number of nitrogens with zero attached hydrogens (tertiary/aromatic N) is 1. The van der Waals surface area contributed by atoms with Crippen molar-refractivity contribution >= 4 is 5.91 Å². The molecular formula is C33H37N3O2. The molecule has 0 aliphatic carbocycles. The molecule has 0 radical (unpaired) electrons. The van der Waals surface area contributed by atoms with Gasteiger partial charge < -0.3 is 20.4 Å². The molecular weight excluding hydrogens is 470 g/mol. The molecule has 0 bridgehead atoms. The van der Waals surface area contributed by atoms with Gasteiger partial charge in [-0.15, -0.1) is 0 Å². The van der Waals surface area contributed by atoms with Gasteiger partial charge in [0.05, 0.1) is 12.8 Å². The van der Waals surface area contributed by atoms with Crippen LogP contribution in [0.3, 0.4) is 0 Å². The maximum atomic E-state index is 13.3. The number of carbonyl (C=O) groups excluding carboxylic acids is 1. The van der Waals surface area contributed by atoms with E-state index in [0.717, 1.165) is 68.9 Å². The summed E-state index contributed by atoms with van der Waals surface area (Å²) in [7, 11) is 0. The number of rotatable bonds is 12. The fourth-order valence-corrected chi connectivity index (χ4v) is 5.93. The summed E-state index contributed by atoms with van der Waals surface area (Å²) in [6, 6.07) is 33.1. The van der Waals surface area contributed by atoms with Crippen LogP contribution in [-0.2, 0) is 29.6 Å². The van der Waals surface area contributed by atoms with Gasteiger partial charge in [-0.3, -0.25) is 4.79 Å². The molecule has 0 spiro atoms. The highest BCUT2D eigenvalue weighted by Gasteiger charge is 2.49. The van der Waals surface area contributed by atoms with Crippen LogP contribution in [0, 0.1) is 5.92 Å². The third-order valence-corrected chi connectivity index (χ3v) is 7.94. The third kappa shape index (κ3) is 5.74. The topological polar surface area (TPSA) is 71.5 Å². The Morgan fingerprint density at radius 1 is 0.868 bits per heavy atom. The first-order valence-electron chi connectivity index (χ1n) is 13.6. The standard InChI is InChI=1S/C33H37N3O2/c34-32(37)33(28-8-3-1-4-9-28,29-10-5-2-6-11-29)30-19-22-36(25-30)21-18-27-15-13-26(14-16-27)17-20-35-24-31-12-7-23-38-31/h1-16,23,30,35H,17-22,24-25H2,(H2,34,37)/t30-/m1/s1. The molecule has 1 aromatic heterocycles. The summed E-state index contributed by atoms with van der Waals surface area (Å²) < 4.78 is 5.36. The van der Waals surface area contributed by atoms with Gasteiger partial charge in [0.25, 0.3) is 0 Å². The molecule has 196 valence electrons. The van der Waals surface area contributed by atoms with E-state index < -0.39 is 5.41 Å². The minimum absolute atomic E-state index is 0.126. The molecule has 0 saturated carbocycles. The van der Waals surface area contributed by atoms with Crippen LogP contribution in [0.15, 0.2) is 108 Å². The SMILES string of the molecule is NC(=O)C(c1ccccc1)(c1ccccc1)[C@@H]1CCN(CCc2ccc(CCNCc3ccco3)cc2)C1. The summed E-state index contributed by atoms with van der Waals surface area (Å²) in [6.07, 6.45) is 4.63. The summed E-state index contributed by atoms with van der Waals surface area (Å²) in [6.45, 7) is 4.47. The Labute approximate surface area is 225 Å². The maximum absolute atomic E-state index is 13.3. The van der Waals surface area contributed by atoms with Crippen molar-refractivity contribution < 1.29 is 9.21 Å². The minimum atomic E-state index is -0.829. The van der Waals surface area contributed by atoms with Crippen LogP contribution < -0.4 is 11.1 Å². The summed E-state index contributed by atoms with van der Waals surface area (Å²) in [4.78, 5) is 15.8. The number of amides is 1. The lowest BCUT2D eigenvalue weighted by molar-refractivity contribution is -0.123. The highest BCUT2D eigenvalue weighted by molar-refractivity contribution is 5.91. The molecule has 1 fully saturated rings. The minimum Gasteiger partial charge on any atom is -0.468 e. The molecule has 2 heterocycles. The summed E-state index contributed by atoms with van der Waals surface area (Å²) >= 11 is 0. The summed E-state index contributed by atoms with van der Waals surface area (Å²) in [5.41, 5.74) is 10.1. The van der Waals surface area contributed by atoms with Crippen LogP contribution in [-0.4, -0.2) is 37.0 Å². The third-order valence-electron chi connectivity index (χ3n) is 7.94. The molecule has 3 aromatic carbocycles. The summed E-state index contributed by atoms with van der Waals surface area (Å²) in [5.74, 6) is 0.821. The molecule has 5 heteroatoms. The van der Waals surface area contributed by atoms with E-state index >= 15 is 0 Å². The zero-order valence-electron chi connectivity index (χ0n) is 21.9. The Balaban J connectivity index is 1.19. The monoisotopic (exact) mass is 507 g/mol. The summed E-state index contributed by atoms with van der Waals surface area (Å²) in [5, 5.41) is 3.43. The Bertz CT molecular complexity index is 1230. The van der Waals surface area contributed by atoms with Crippen LogP contribution in [0.5, 0.6) is 0 Å². The number of primary amides is 1. The van der Waals surface area contributed by atoms with E-state index in [1.807, 2.05) is 48.5 Å². The van der Waals surface area contributed by atoms with Crippen molar-refractivity contribution in [1.82, 2.24) is 10.2 Å². The molecule has 0 unspecified atom stereocenters. The maximum Gasteiger partial charge on any atom is 0.232 e. The Morgan fingerprint density at radius 2 is 1.50 bits per heavy atom.